The fraction of sp³-hybridized carbons (Fsp3) is 0.312. The van der Waals surface area contributed by atoms with Crippen LogP contribution in [0.5, 0.6) is 0 Å². The number of rotatable bonds is 2. The molecule has 0 aromatic heterocycles. The van der Waals surface area contributed by atoms with E-state index in [1.807, 2.05) is 25.1 Å². The van der Waals surface area contributed by atoms with E-state index in [0.29, 0.717) is 0 Å². The molecule has 2 aromatic rings. The van der Waals surface area contributed by atoms with Crippen molar-refractivity contribution >= 4 is 16.7 Å². The van der Waals surface area contributed by atoms with Gasteiger partial charge in [-0.2, -0.15) is 13.2 Å². The Kier molecular flexibility index (Phi) is 3.56. The highest BCUT2D eigenvalue weighted by Crippen LogP contribution is 2.38. The second-order valence-corrected chi connectivity index (χ2v) is 5.53. The van der Waals surface area contributed by atoms with Crippen molar-refractivity contribution in [3.63, 3.8) is 0 Å². The van der Waals surface area contributed by atoms with Crippen molar-refractivity contribution < 1.29 is 18.0 Å². The molecule has 1 N–H and O–H groups in total. The molecule has 1 fully saturated rings. The van der Waals surface area contributed by atoms with Crippen LogP contribution in [0.25, 0.3) is 10.8 Å². The fourth-order valence-corrected chi connectivity index (χ4v) is 2.79. The van der Waals surface area contributed by atoms with E-state index in [1.54, 1.807) is 12.1 Å². The first-order valence-corrected chi connectivity index (χ1v) is 6.98. The summed E-state index contributed by atoms with van der Waals surface area (Å²) in [7, 11) is 0. The maximum absolute atomic E-state index is 13.5. The Hall–Kier alpha value is -2.08. The highest BCUT2D eigenvalue weighted by Gasteiger charge is 2.46. The smallest absolute Gasteiger partial charge is 0.288 e. The minimum Gasteiger partial charge on any atom is -0.288 e. The average Bonchev–Trinajstić information content (AvgIpc) is 2.83. The molecule has 3 rings (SSSR count). The van der Waals surface area contributed by atoms with Crippen LogP contribution in [0.2, 0.25) is 0 Å². The van der Waals surface area contributed by atoms with Gasteiger partial charge >= 0.3 is 6.18 Å². The van der Waals surface area contributed by atoms with Gasteiger partial charge in [0.25, 0.3) is 0 Å². The Morgan fingerprint density at radius 2 is 1.86 bits per heavy atom. The minimum absolute atomic E-state index is 0.0505. The monoisotopic (exact) mass is 308 g/mol. The van der Waals surface area contributed by atoms with E-state index in [-0.39, 0.29) is 24.4 Å². The quantitative estimate of drug-likeness (QED) is 0.921. The summed E-state index contributed by atoms with van der Waals surface area (Å²) in [5.74, 6) is -0.383. The third-order valence-corrected chi connectivity index (χ3v) is 3.81. The summed E-state index contributed by atoms with van der Waals surface area (Å²) in [5, 5.41) is 2.62. The number of aryl methyl sites for hydroxylation is 1. The van der Waals surface area contributed by atoms with Gasteiger partial charge in [-0.15, -0.1) is 0 Å². The molecule has 1 saturated heterocycles. The van der Waals surface area contributed by atoms with E-state index >= 15 is 0 Å². The molecule has 2 aromatic carbocycles. The topological polar surface area (TPSA) is 32.3 Å². The number of carbonyl (C=O) groups excluding carboxylic acids is 1. The van der Waals surface area contributed by atoms with Crippen LogP contribution < -0.4 is 5.43 Å². The molecule has 3 nitrogen and oxygen atoms in total. The lowest BCUT2D eigenvalue weighted by atomic mass is 10.00. The number of amides is 1. The maximum atomic E-state index is 13.5. The third kappa shape index (κ3) is 2.78. The van der Waals surface area contributed by atoms with E-state index < -0.39 is 12.2 Å². The van der Waals surface area contributed by atoms with Gasteiger partial charge in [0.2, 0.25) is 5.91 Å². The molecule has 0 aliphatic carbocycles. The van der Waals surface area contributed by atoms with E-state index in [9.17, 15) is 18.0 Å². The number of halogens is 3. The van der Waals surface area contributed by atoms with E-state index in [2.05, 4.69) is 5.43 Å². The summed E-state index contributed by atoms with van der Waals surface area (Å²) in [6, 6.07) is 8.53. The summed E-state index contributed by atoms with van der Waals surface area (Å²) in [6.07, 6.45) is -4.38. The zero-order valence-corrected chi connectivity index (χ0v) is 11.9. The molecule has 0 saturated carbocycles. The molecule has 0 bridgehead atoms. The second kappa shape index (κ2) is 5.28. The zero-order valence-electron chi connectivity index (χ0n) is 11.9. The van der Waals surface area contributed by atoms with Crippen molar-refractivity contribution in [2.45, 2.75) is 25.6 Å². The van der Waals surface area contributed by atoms with E-state index in [4.69, 9.17) is 0 Å². The lowest BCUT2D eigenvalue weighted by molar-refractivity contribution is -0.191. The van der Waals surface area contributed by atoms with Crippen LogP contribution in [0.1, 0.15) is 23.6 Å². The van der Waals surface area contributed by atoms with Crippen LogP contribution in [0.4, 0.5) is 13.2 Å². The lowest BCUT2D eigenvalue weighted by Gasteiger charge is -2.29. The van der Waals surface area contributed by atoms with Gasteiger partial charge in [-0.3, -0.25) is 10.2 Å². The molecule has 1 aliphatic heterocycles. The number of nitrogens with zero attached hydrogens (tertiary/aromatic N) is 1. The van der Waals surface area contributed by atoms with Crippen molar-refractivity contribution in [2.24, 2.45) is 0 Å². The maximum Gasteiger partial charge on any atom is 0.409 e. The Morgan fingerprint density at radius 1 is 1.14 bits per heavy atom. The van der Waals surface area contributed by atoms with Crippen LogP contribution in [-0.2, 0) is 4.79 Å². The Balaban J connectivity index is 2.05. The van der Waals surface area contributed by atoms with Crippen molar-refractivity contribution in [1.29, 1.82) is 0 Å². The molecule has 1 heterocycles. The number of fused-ring (bicyclic) bond motifs is 1. The predicted molar refractivity (Wildman–Crippen MR) is 76.9 cm³/mol. The summed E-state index contributed by atoms with van der Waals surface area (Å²) in [6.45, 7) is 1.95. The number of nitrogens with one attached hydrogen (secondary N) is 1. The summed E-state index contributed by atoms with van der Waals surface area (Å²) in [4.78, 5) is 11.3. The first-order chi connectivity index (χ1) is 10.3. The molecule has 1 atom stereocenters. The van der Waals surface area contributed by atoms with E-state index in [1.165, 1.54) is 6.07 Å². The van der Waals surface area contributed by atoms with Gasteiger partial charge in [-0.25, -0.2) is 5.01 Å². The molecular formula is C16H15F3N2O. The molecule has 1 aliphatic rings. The molecule has 22 heavy (non-hydrogen) atoms. The SMILES string of the molecule is Cc1ccc2ccc(C(N3CCC(=O)N3)C(F)(F)F)cc2c1. The van der Waals surface area contributed by atoms with Gasteiger partial charge in [-0.05, 0) is 29.3 Å². The van der Waals surface area contributed by atoms with Gasteiger partial charge in [0, 0.05) is 13.0 Å². The highest BCUT2D eigenvalue weighted by molar-refractivity contribution is 5.84. The standard InChI is InChI=1S/C16H15F3N2O/c1-10-2-3-11-4-5-12(9-13(11)8-10)15(16(17,18)19)21-7-6-14(22)20-21/h2-5,8-9,15H,6-7H2,1H3,(H,20,22). The van der Waals surface area contributed by atoms with Crippen molar-refractivity contribution in [1.82, 2.24) is 10.4 Å². The molecule has 0 radical (unpaired) electrons. The largest absolute Gasteiger partial charge is 0.409 e. The zero-order chi connectivity index (χ0) is 15.9. The molecule has 6 heteroatoms. The van der Waals surface area contributed by atoms with Crippen LogP contribution in [0, 0.1) is 6.92 Å². The van der Waals surface area contributed by atoms with E-state index in [0.717, 1.165) is 21.3 Å². The van der Waals surface area contributed by atoms with Crippen LogP contribution >= 0.6 is 0 Å². The highest BCUT2D eigenvalue weighted by atomic mass is 19.4. The second-order valence-electron chi connectivity index (χ2n) is 5.53. The molecule has 0 spiro atoms. The molecule has 1 amide bonds. The Labute approximate surface area is 125 Å². The normalized spacial score (nSPS) is 17.7. The van der Waals surface area contributed by atoms with Gasteiger partial charge in [0.15, 0.2) is 0 Å². The van der Waals surface area contributed by atoms with Crippen molar-refractivity contribution in [2.75, 3.05) is 6.54 Å². The minimum atomic E-state index is -4.46. The van der Waals surface area contributed by atoms with Crippen molar-refractivity contribution in [3.05, 3.63) is 47.5 Å². The lowest BCUT2D eigenvalue weighted by Crippen LogP contribution is -2.43. The third-order valence-electron chi connectivity index (χ3n) is 3.81. The number of hydrogen-bond donors (Lipinski definition) is 1. The first-order valence-electron chi connectivity index (χ1n) is 6.98. The van der Waals surface area contributed by atoms with Crippen molar-refractivity contribution in [3.8, 4) is 0 Å². The van der Waals surface area contributed by atoms with Gasteiger partial charge in [0.1, 0.15) is 6.04 Å². The van der Waals surface area contributed by atoms with Crippen LogP contribution in [0.3, 0.4) is 0 Å². The first kappa shape index (κ1) is 14.8. The number of benzene rings is 2. The number of carbonyl (C=O) groups is 1. The molecule has 116 valence electrons. The summed E-state index contributed by atoms with van der Waals surface area (Å²) < 4.78 is 40.4. The number of alkyl halides is 3. The fourth-order valence-electron chi connectivity index (χ4n) is 2.79. The number of hydrazine groups is 1. The van der Waals surface area contributed by atoms with Gasteiger partial charge in [0.05, 0.1) is 0 Å². The molecule has 1 unspecified atom stereocenters. The van der Waals surface area contributed by atoms with Gasteiger partial charge < -0.3 is 0 Å². The molecular weight excluding hydrogens is 293 g/mol. The Bertz CT molecular complexity index is 727. The van der Waals surface area contributed by atoms with Gasteiger partial charge in [-0.1, -0.05) is 35.9 Å². The number of hydrogen-bond acceptors (Lipinski definition) is 2. The summed E-state index contributed by atoms with van der Waals surface area (Å²) >= 11 is 0. The average molecular weight is 308 g/mol. The Morgan fingerprint density at radius 3 is 2.50 bits per heavy atom. The van der Waals surface area contributed by atoms with Crippen LogP contribution in [-0.4, -0.2) is 23.6 Å². The summed E-state index contributed by atoms with van der Waals surface area (Å²) in [5.41, 5.74) is 3.41. The van der Waals surface area contributed by atoms with Crippen LogP contribution in [0.15, 0.2) is 36.4 Å². The predicted octanol–water partition coefficient (Wildman–Crippen LogP) is 3.49.